The van der Waals surface area contributed by atoms with Gasteiger partial charge in [0.1, 0.15) is 23.4 Å². The molecular weight excluding hydrogens is 419 g/mol. The maximum atomic E-state index is 14.2. The number of fused-ring (bicyclic) bond motifs is 1. The molecule has 1 fully saturated rings. The van der Waals surface area contributed by atoms with Crippen molar-refractivity contribution in [3.63, 3.8) is 0 Å². The number of carbonyl (C=O) groups excluding carboxylic acids is 2. The minimum absolute atomic E-state index is 0.0489. The van der Waals surface area contributed by atoms with Crippen molar-refractivity contribution in [2.24, 2.45) is 5.92 Å². The van der Waals surface area contributed by atoms with Crippen molar-refractivity contribution < 1.29 is 23.2 Å². The summed E-state index contributed by atoms with van der Waals surface area (Å²) in [6.45, 7) is 1.61. The molecule has 0 radical (unpaired) electrons. The van der Waals surface area contributed by atoms with E-state index in [2.05, 4.69) is 25.9 Å². The van der Waals surface area contributed by atoms with E-state index >= 15 is 0 Å². The van der Waals surface area contributed by atoms with Gasteiger partial charge in [-0.25, -0.2) is 13.9 Å². The minimum atomic E-state index is -0.631. The van der Waals surface area contributed by atoms with E-state index in [-0.39, 0.29) is 34.7 Å². The zero-order valence-corrected chi connectivity index (χ0v) is 16.8. The van der Waals surface area contributed by atoms with Gasteiger partial charge in [0.15, 0.2) is 11.5 Å². The zero-order valence-electron chi connectivity index (χ0n) is 16.8. The molecule has 10 nitrogen and oxygen atoms in total. The average molecular weight is 436 g/mol. The Bertz CT molecular complexity index is 1340. The molecule has 5 rings (SSSR count). The molecular formula is C21H17FN6O4. The summed E-state index contributed by atoms with van der Waals surface area (Å²) < 4.78 is 26.1. The molecule has 11 heteroatoms. The van der Waals surface area contributed by atoms with Gasteiger partial charge >= 0.3 is 0 Å². The van der Waals surface area contributed by atoms with Crippen LogP contribution in [-0.2, 0) is 4.79 Å². The van der Waals surface area contributed by atoms with Crippen LogP contribution in [0.1, 0.15) is 28.9 Å². The Balaban J connectivity index is 1.33. The van der Waals surface area contributed by atoms with Crippen LogP contribution in [0.5, 0.6) is 11.6 Å². The molecule has 0 spiro atoms. The molecule has 1 aliphatic carbocycles. The van der Waals surface area contributed by atoms with Gasteiger partial charge in [0.25, 0.3) is 5.91 Å². The van der Waals surface area contributed by atoms with Gasteiger partial charge in [-0.1, -0.05) is 5.16 Å². The van der Waals surface area contributed by atoms with Gasteiger partial charge in [0, 0.05) is 18.1 Å². The van der Waals surface area contributed by atoms with Gasteiger partial charge in [0.05, 0.1) is 17.6 Å². The van der Waals surface area contributed by atoms with Crippen LogP contribution >= 0.6 is 0 Å². The van der Waals surface area contributed by atoms with Crippen LogP contribution in [0.4, 0.5) is 15.9 Å². The number of rotatable bonds is 6. The summed E-state index contributed by atoms with van der Waals surface area (Å²) >= 11 is 0. The van der Waals surface area contributed by atoms with E-state index in [1.807, 2.05) is 0 Å². The van der Waals surface area contributed by atoms with Crippen LogP contribution in [-0.4, -0.2) is 31.6 Å². The Morgan fingerprint density at radius 3 is 2.81 bits per heavy atom. The van der Waals surface area contributed by atoms with Gasteiger partial charge in [0.2, 0.25) is 11.8 Å². The number of hydrogen-bond donors (Lipinski definition) is 2. The number of hydrogen-bond acceptors (Lipinski definition) is 7. The van der Waals surface area contributed by atoms with Gasteiger partial charge in [-0.3, -0.25) is 9.59 Å². The monoisotopic (exact) mass is 436 g/mol. The number of carbonyl (C=O) groups is 2. The van der Waals surface area contributed by atoms with Crippen molar-refractivity contribution >= 4 is 29.0 Å². The molecule has 0 saturated heterocycles. The van der Waals surface area contributed by atoms with E-state index in [1.165, 1.54) is 29.0 Å². The number of halogens is 1. The molecule has 0 atom stereocenters. The second kappa shape index (κ2) is 7.76. The van der Waals surface area contributed by atoms with Crippen LogP contribution in [0.15, 0.2) is 47.3 Å². The third kappa shape index (κ3) is 4.00. The summed E-state index contributed by atoms with van der Waals surface area (Å²) in [5.74, 6) is -0.290. The lowest BCUT2D eigenvalue weighted by atomic mass is 10.2. The van der Waals surface area contributed by atoms with Crippen LogP contribution in [0.3, 0.4) is 0 Å². The number of aryl methyl sites for hydroxylation is 1. The lowest BCUT2D eigenvalue weighted by Crippen LogP contribution is -2.13. The Labute approximate surface area is 180 Å². The summed E-state index contributed by atoms with van der Waals surface area (Å²) in [4.78, 5) is 28.5. The van der Waals surface area contributed by atoms with E-state index in [0.717, 1.165) is 12.8 Å². The van der Waals surface area contributed by atoms with Gasteiger partial charge in [-0.2, -0.15) is 0 Å². The van der Waals surface area contributed by atoms with Crippen LogP contribution in [0, 0.1) is 18.7 Å². The first-order valence-electron chi connectivity index (χ1n) is 9.83. The van der Waals surface area contributed by atoms with Gasteiger partial charge in [-0.05, 0) is 38.0 Å². The zero-order chi connectivity index (χ0) is 22.2. The first kappa shape index (κ1) is 19.7. The van der Waals surface area contributed by atoms with Crippen molar-refractivity contribution in [1.29, 1.82) is 0 Å². The highest BCUT2D eigenvalue weighted by molar-refractivity contribution is 6.04. The molecule has 1 aliphatic rings. The molecule has 4 aromatic rings. The number of benzene rings is 1. The van der Waals surface area contributed by atoms with E-state index in [4.69, 9.17) is 9.26 Å². The fraction of sp³-hybridized carbons (Fsp3) is 0.190. The van der Waals surface area contributed by atoms with Crippen molar-refractivity contribution in [3.8, 4) is 11.6 Å². The smallest absolute Gasteiger partial charge is 0.260 e. The van der Waals surface area contributed by atoms with Gasteiger partial charge in [-0.15, -0.1) is 5.10 Å². The number of nitrogens with zero attached hydrogens (tertiary/aromatic N) is 4. The summed E-state index contributed by atoms with van der Waals surface area (Å²) in [6.07, 6.45) is 4.57. The lowest BCUT2D eigenvalue weighted by molar-refractivity contribution is -0.117. The number of amides is 2. The fourth-order valence-corrected chi connectivity index (χ4v) is 3.04. The third-order valence-corrected chi connectivity index (χ3v) is 4.90. The highest BCUT2D eigenvalue weighted by atomic mass is 19.1. The minimum Gasteiger partial charge on any atom is -0.438 e. The Kier molecular flexibility index (Phi) is 4.77. The molecule has 2 N–H and O–H groups in total. The summed E-state index contributed by atoms with van der Waals surface area (Å²) in [5, 5.41) is 13.2. The SMILES string of the molecule is Cc1nocc1C(=O)Nc1cc(Oc2ccc3nc(NC(=O)C4CC4)cn3n2)ccc1F. The molecule has 162 valence electrons. The summed E-state index contributed by atoms with van der Waals surface area (Å²) in [5.41, 5.74) is 1.05. The van der Waals surface area contributed by atoms with Crippen molar-refractivity contribution in [3.05, 3.63) is 59.9 Å². The molecule has 0 unspecified atom stereocenters. The predicted octanol–water partition coefficient (Wildman–Crippen LogP) is 3.56. The van der Waals surface area contributed by atoms with Crippen LogP contribution in [0.2, 0.25) is 0 Å². The second-order valence-corrected chi connectivity index (χ2v) is 7.38. The standard InChI is InChI=1S/C21H17FN6O4/c1-11-14(10-31-27-11)21(30)23-16-8-13(4-5-15(16)22)32-19-7-6-18-24-17(9-28(18)26-19)25-20(29)12-2-3-12/h4-10,12H,2-3H2,1H3,(H,23,30)(H,25,29). The largest absolute Gasteiger partial charge is 0.438 e. The predicted molar refractivity (Wildman–Crippen MR) is 110 cm³/mol. The number of imidazole rings is 1. The van der Waals surface area contributed by atoms with Crippen molar-refractivity contribution in [2.45, 2.75) is 19.8 Å². The lowest BCUT2D eigenvalue weighted by Gasteiger charge is -2.09. The molecule has 3 heterocycles. The maximum Gasteiger partial charge on any atom is 0.260 e. The normalized spacial score (nSPS) is 13.2. The third-order valence-electron chi connectivity index (χ3n) is 4.90. The topological polar surface area (TPSA) is 124 Å². The average Bonchev–Trinajstić information content (AvgIpc) is 3.41. The number of anilines is 2. The highest BCUT2D eigenvalue weighted by Gasteiger charge is 2.30. The number of nitrogens with one attached hydrogen (secondary N) is 2. The number of ether oxygens (including phenoxy) is 1. The fourth-order valence-electron chi connectivity index (χ4n) is 3.04. The first-order chi connectivity index (χ1) is 15.5. The number of aromatic nitrogens is 4. The van der Waals surface area contributed by atoms with E-state index in [0.29, 0.717) is 17.2 Å². The molecule has 32 heavy (non-hydrogen) atoms. The second-order valence-electron chi connectivity index (χ2n) is 7.38. The first-order valence-corrected chi connectivity index (χ1v) is 9.83. The van der Waals surface area contributed by atoms with Crippen molar-refractivity contribution in [1.82, 2.24) is 19.8 Å². The molecule has 1 saturated carbocycles. The van der Waals surface area contributed by atoms with E-state index in [1.54, 1.807) is 25.3 Å². The highest BCUT2D eigenvalue weighted by Crippen LogP contribution is 2.30. The summed E-state index contributed by atoms with van der Waals surface area (Å²) in [7, 11) is 0. The van der Waals surface area contributed by atoms with E-state index < -0.39 is 11.7 Å². The maximum absolute atomic E-state index is 14.2. The Morgan fingerprint density at radius 2 is 2.06 bits per heavy atom. The van der Waals surface area contributed by atoms with E-state index in [9.17, 15) is 14.0 Å². The Hall–Kier alpha value is -4.28. The molecule has 0 bridgehead atoms. The molecule has 2 amide bonds. The Morgan fingerprint density at radius 1 is 1.22 bits per heavy atom. The van der Waals surface area contributed by atoms with Crippen molar-refractivity contribution in [2.75, 3.05) is 10.6 Å². The van der Waals surface area contributed by atoms with Gasteiger partial charge < -0.3 is 19.9 Å². The molecule has 3 aromatic heterocycles. The quantitative estimate of drug-likeness (QED) is 0.474. The molecule has 0 aliphatic heterocycles. The molecule has 1 aromatic carbocycles. The summed E-state index contributed by atoms with van der Waals surface area (Å²) in [6, 6.07) is 7.20. The van der Waals surface area contributed by atoms with Crippen LogP contribution < -0.4 is 15.4 Å². The van der Waals surface area contributed by atoms with Crippen LogP contribution in [0.25, 0.3) is 5.65 Å².